The van der Waals surface area contributed by atoms with E-state index < -0.39 is 21.9 Å². The Kier molecular flexibility index (Phi) is 5.46. The maximum absolute atomic E-state index is 13.0. The fourth-order valence-electron chi connectivity index (χ4n) is 1.91. The lowest BCUT2D eigenvalue weighted by molar-refractivity contribution is 0.165. The van der Waals surface area contributed by atoms with Crippen LogP contribution in [0.3, 0.4) is 0 Å². The first kappa shape index (κ1) is 16.1. The van der Waals surface area contributed by atoms with Crippen LogP contribution >= 0.6 is 0 Å². The van der Waals surface area contributed by atoms with Crippen molar-refractivity contribution in [2.24, 2.45) is 5.92 Å². The zero-order valence-electron chi connectivity index (χ0n) is 11.4. The number of halogens is 1. The molecule has 0 aliphatic heterocycles. The van der Waals surface area contributed by atoms with Crippen molar-refractivity contribution in [2.75, 3.05) is 6.54 Å². The molecule has 108 valence electrons. The Morgan fingerprint density at radius 3 is 2.53 bits per heavy atom. The SMILES string of the molecule is Cc1cc(F)ccc1S(=O)(=O)NCC(C)CC(C)O. The van der Waals surface area contributed by atoms with Crippen LogP contribution in [0.5, 0.6) is 0 Å². The first-order valence-corrected chi connectivity index (χ1v) is 7.64. The summed E-state index contributed by atoms with van der Waals surface area (Å²) in [5.74, 6) is -0.436. The van der Waals surface area contributed by atoms with Crippen LogP contribution in [0.25, 0.3) is 0 Å². The molecule has 4 nitrogen and oxygen atoms in total. The third-order valence-electron chi connectivity index (χ3n) is 2.79. The van der Waals surface area contributed by atoms with Crippen molar-refractivity contribution >= 4 is 10.0 Å². The van der Waals surface area contributed by atoms with Crippen LogP contribution in [-0.4, -0.2) is 26.2 Å². The van der Waals surface area contributed by atoms with Gasteiger partial charge in [-0.05, 0) is 49.9 Å². The van der Waals surface area contributed by atoms with Crippen molar-refractivity contribution in [1.29, 1.82) is 0 Å². The van der Waals surface area contributed by atoms with Crippen molar-refractivity contribution in [3.63, 3.8) is 0 Å². The Morgan fingerprint density at radius 1 is 1.37 bits per heavy atom. The smallest absolute Gasteiger partial charge is 0.240 e. The van der Waals surface area contributed by atoms with Gasteiger partial charge in [0.1, 0.15) is 5.82 Å². The number of aliphatic hydroxyl groups excluding tert-OH is 1. The molecule has 2 atom stereocenters. The number of benzene rings is 1. The maximum Gasteiger partial charge on any atom is 0.240 e. The van der Waals surface area contributed by atoms with Gasteiger partial charge in [-0.25, -0.2) is 17.5 Å². The zero-order chi connectivity index (χ0) is 14.6. The highest BCUT2D eigenvalue weighted by atomic mass is 32.2. The molecule has 0 bridgehead atoms. The molecule has 0 spiro atoms. The quantitative estimate of drug-likeness (QED) is 0.839. The largest absolute Gasteiger partial charge is 0.393 e. The highest BCUT2D eigenvalue weighted by Crippen LogP contribution is 2.16. The number of rotatable bonds is 6. The Labute approximate surface area is 113 Å². The van der Waals surface area contributed by atoms with Gasteiger partial charge in [-0.15, -0.1) is 0 Å². The molecule has 0 aliphatic rings. The van der Waals surface area contributed by atoms with Gasteiger partial charge in [-0.3, -0.25) is 0 Å². The molecule has 6 heteroatoms. The Bertz CT molecular complexity index is 529. The van der Waals surface area contributed by atoms with Gasteiger partial charge in [0.2, 0.25) is 10.0 Å². The Hall–Kier alpha value is -0.980. The van der Waals surface area contributed by atoms with E-state index in [0.29, 0.717) is 12.0 Å². The summed E-state index contributed by atoms with van der Waals surface area (Å²) in [6, 6.07) is 3.57. The molecular weight excluding hydrogens is 269 g/mol. The van der Waals surface area contributed by atoms with Gasteiger partial charge >= 0.3 is 0 Å². The number of hydrogen-bond acceptors (Lipinski definition) is 3. The molecule has 0 heterocycles. The number of aryl methyl sites for hydroxylation is 1. The fraction of sp³-hybridized carbons (Fsp3) is 0.538. The van der Waals surface area contributed by atoms with Crippen LogP contribution in [0, 0.1) is 18.7 Å². The molecule has 0 saturated heterocycles. The second kappa shape index (κ2) is 6.45. The second-order valence-corrected chi connectivity index (χ2v) is 6.69. The lowest BCUT2D eigenvalue weighted by Gasteiger charge is -2.15. The van der Waals surface area contributed by atoms with E-state index in [9.17, 15) is 17.9 Å². The monoisotopic (exact) mass is 289 g/mol. The topological polar surface area (TPSA) is 66.4 Å². The van der Waals surface area contributed by atoms with E-state index in [1.807, 2.05) is 6.92 Å². The predicted molar refractivity (Wildman–Crippen MR) is 71.8 cm³/mol. The van der Waals surface area contributed by atoms with Gasteiger partial charge in [-0.1, -0.05) is 6.92 Å². The Balaban J connectivity index is 2.76. The first-order valence-electron chi connectivity index (χ1n) is 6.16. The van der Waals surface area contributed by atoms with E-state index in [1.165, 1.54) is 12.1 Å². The van der Waals surface area contributed by atoms with E-state index in [0.717, 1.165) is 6.07 Å². The third kappa shape index (κ3) is 4.89. The summed E-state index contributed by atoms with van der Waals surface area (Å²) in [6.45, 7) is 5.31. The summed E-state index contributed by atoms with van der Waals surface area (Å²) < 4.78 is 39.5. The summed E-state index contributed by atoms with van der Waals surface area (Å²) in [4.78, 5) is 0.0816. The minimum Gasteiger partial charge on any atom is -0.393 e. The Morgan fingerprint density at radius 2 is 2.00 bits per heavy atom. The zero-order valence-corrected chi connectivity index (χ0v) is 12.2. The van der Waals surface area contributed by atoms with Crippen LogP contribution in [0.2, 0.25) is 0 Å². The van der Waals surface area contributed by atoms with Crippen LogP contribution < -0.4 is 4.72 Å². The summed E-state index contributed by atoms with van der Waals surface area (Å²) in [5.41, 5.74) is 0.371. The second-order valence-electron chi connectivity index (χ2n) is 4.95. The van der Waals surface area contributed by atoms with Crippen LogP contribution in [0.15, 0.2) is 23.1 Å². The first-order chi connectivity index (χ1) is 8.72. The average molecular weight is 289 g/mol. The molecule has 0 fully saturated rings. The van der Waals surface area contributed by atoms with Crippen molar-refractivity contribution in [2.45, 2.75) is 38.2 Å². The van der Waals surface area contributed by atoms with Gasteiger partial charge in [0.05, 0.1) is 11.0 Å². The minimum atomic E-state index is -3.64. The molecule has 1 rings (SSSR count). The van der Waals surface area contributed by atoms with Crippen LogP contribution in [0.4, 0.5) is 4.39 Å². The molecule has 2 unspecified atom stereocenters. The number of sulfonamides is 1. The molecule has 0 aliphatic carbocycles. The number of nitrogens with one attached hydrogen (secondary N) is 1. The van der Waals surface area contributed by atoms with E-state index in [2.05, 4.69) is 4.72 Å². The van der Waals surface area contributed by atoms with Gasteiger partial charge in [0.15, 0.2) is 0 Å². The third-order valence-corrected chi connectivity index (χ3v) is 4.38. The maximum atomic E-state index is 13.0. The molecular formula is C13H20FNO3S. The summed E-state index contributed by atoms with van der Waals surface area (Å²) >= 11 is 0. The normalized spacial score (nSPS) is 15.2. The molecule has 0 aromatic heterocycles. The lowest BCUT2D eigenvalue weighted by atomic mass is 10.1. The van der Waals surface area contributed by atoms with E-state index in [4.69, 9.17) is 0 Å². The van der Waals surface area contributed by atoms with Gasteiger partial charge in [0.25, 0.3) is 0 Å². The van der Waals surface area contributed by atoms with Crippen molar-refractivity contribution in [3.8, 4) is 0 Å². The summed E-state index contributed by atoms with van der Waals surface area (Å²) in [7, 11) is -3.64. The predicted octanol–water partition coefficient (Wildman–Crippen LogP) is 1.82. The van der Waals surface area contributed by atoms with Crippen molar-refractivity contribution < 1.29 is 17.9 Å². The average Bonchev–Trinajstić information content (AvgIpc) is 2.25. The van der Waals surface area contributed by atoms with E-state index in [-0.39, 0.29) is 17.4 Å². The van der Waals surface area contributed by atoms with Crippen LogP contribution in [0.1, 0.15) is 25.8 Å². The molecule has 0 radical (unpaired) electrons. The van der Waals surface area contributed by atoms with Crippen molar-refractivity contribution in [1.82, 2.24) is 4.72 Å². The van der Waals surface area contributed by atoms with Crippen molar-refractivity contribution in [3.05, 3.63) is 29.6 Å². The standard InChI is InChI=1S/C13H20FNO3S/c1-9(6-11(3)16)8-15-19(17,18)13-5-4-12(14)7-10(13)2/h4-5,7,9,11,15-16H,6,8H2,1-3H3. The lowest BCUT2D eigenvalue weighted by Crippen LogP contribution is -2.30. The molecule has 0 saturated carbocycles. The highest BCUT2D eigenvalue weighted by molar-refractivity contribution is 7.89. The van der Waals surface area contributed by atoms with Crippen LogP contribution in [-0.2, 0) is 10.0 Å². The number of aliphatic hydroxyl groups is 1. The molecule has 1 aromatic carbocycles. The molecule has 0 amide bonds. The summed E-state index contributed by atoms with van der Waals surface area (Å²) in [5, 5.41) is 9.23. The molecule has 19 heavy (non-hydrogen) atoms. The molecule has 1 aromatic rings. The van der Waals surface area contributed by atoms with Gasteiger partial charge < -0.3 is 5.11 Å². The summed E-state index contributed by atoms with van der Waals surface area (Å²) in [6.07, 6.45) is 0.0531. The van der Waals surface area contributed by atoms with E-state index >= 15 is 0 Å². The minimum absolute atomic E-state index is 0.0236. The fourth-order valence-corrected chi connectivity index (χ4v) is 3.30. The number of hydrogen-bond donors (Lipinski definition) is 2. The van der Waals surface area contributed by atoms with E-state index in [1.54, 1.807) is 13.8 Å². The molecule has 2 N–H and O–H groups in total. The van der Waals surface area contributed by atoms with Gasteiger partial charge in [0, 0.05) is 6.54 Å². The highest BCUT2D eigenvalue weighted by Gasteiger charge is 2.18. The van der Waals surface area contributed by atoms with Gasteiger partial charge in [-0.2, -0.15) is 0 Å².